The molecule has 3 nitrogen and oxygen atoms in total. The zero-order chi connectivity index (χ0) is 10.1. The summed E-state index contributed by atoms with van der Waals surface area (Å²) in [6.45, 7) is 2.55. The van der Waals surface area contributed by atoms with Crippen molar-refractivity contribution < 1.29 is 4.74 Å². The summed E-state index contributed by atoms with van der Waals surface area (Å²) < 4.78 is 6.52. The van der Waals surface area contributed by atoms with E-state index >= 15 is 0 Å². The fourth-order valence-corrected chi connectivity index (χ4v) is 2.38. The fourth-order valence-electron chi connectivity index (χ4n) is 1.45. The minimum Gasteiger partial charge on any atom is -0.490 e. The molecule has 14 heavy (non-hydrogen) atoms. The molecule has 2 rings (SSSR count). The number of thiophene rings is 1. The SMILES string of the molecule is CCOc1c(N)cc(N)c2ccsc12. The Hall–Kier alpha value is -1.42. The van der Waals surface area contributed by atoms with Gasteiger partial charge in [0.25, 0.3) is 0 Å². The molecule has 74 valence electrons. The smallest absolute Gasteiger partial charge is 0.160 e. The topological polar surface area (TPSA) is 61.3 Å². The lowest BCUT2D eigenvalue weighted by Crippen LogP contribution is -1.98. The molecule has 0 aliphatic heterocycles. The first kappa shape index (κ1) is 9.15. The van der Waals surface area contributed by atoms with Crippen molar-refractivity contribution >= 4 is 32.8 Å². The van der Waals surface area contributed by atoms with Gasteiger partial charge in [-0.25, -0.2) is 0 Å². The van der Waals surface area contributed by atoms with Crippen molar-refractivity contribution in [3.63, 3.8) is 0 Å². The molecule has 1 aromatic carbocycles. The van der Waals surface area contributed by atoms with E-state index in [4.69, 9.17) is 16.2 Å². The Morgan fingerprint density at radius 2 is 2.14 bits per heavy atom. The average Bonchev–Trinajstić information content (AvgIpc) is 2.60. The molecule has 2 aromatic rings. The van der Waals surface area contributed by atoms with Gasteiger partial charge in [0, 0.05) is 11.1 Å². The summed E-state index contributed by atoms with van der Waals surface area (Å²) in [5, 5.41) is 3.01. The summed E-state index contributed by atoms with van der Waals surface area (Å²) in [6, 6.07) is 3.73. The lowest BCUT2D eigenvalue weighted by Gasteiger charge is -2.09. The average molecular weight is 208 g/mol. The highest BCUT2D eigenvalue weighted by Gasteiger charge is 2.10. The van der Waals surface area contributed by atoms with Crippen LogP contribution in [0, 0.1) is 0 Å². The van der Waals surface area contributed by atoms with Gasteiger partial charge in [0.2, 0.25) is 0 Å². The lowest BCUT2D eigenvalue weighted by atomic mass is 10.2. The van der Waals surface area contributed by atoms with Crippen molar-refractivity contribution in [1.29, 1.82) is 0 Å². The van der Waals surface area contributed by atoms with E-state index in [9.17, 15) is 0 Å². The van der Waals surface area contributed by atoms with Crippen LogP contribution >= 0.6 is 11.3 Å². The van der Waals surface area contributed by atoms with Gasteiger partial charge in [-0.05, 0) is 24.4 Å². The molecule has 0 saturated carbocycles. The van der Waals surface area contributed by atoms with Gasteiger partial charge >= 0.3 is 0 Å². The van der Waals surface area contributed by atoms with E-state index in [0.717, 1.165) is 15.8 Å². The number of anilines is 2. The maximum Gasteiger partial charge on any atom is 0.160 e. The maximum absolute atomic E-state index is 5.84. The largest absolute Gasteiger partial charge is 0.490 e. The Labute approximate surface area is 86.3 Å². The third-order valence-electron chi connectivity index (χ3n) is 2.04. The molecule has 0 radical (unpaired) electrons. The minimum atomic E-state index is 0.610. The minimum absolute atomic E-state index is 0.610. The van der Waals surface area contributed by atoms with E-state index in [0.29, 0.717) is 18.0 Å². The number of benzene rings is 1. The summed E-state index contributed by atoms with van der Waals surface area (Å²) in [7, 11) is 0. The van der Waals surface area contributed by atoms with Crippen LogP contribution in [0.15, 0.2) is 17.5 Å². The summed E-state index contributed by atoms with van der Waals surface area (Å²) in [6.07, 6.45) is 0. The first-order valence-electron chi connectivity index (χ1n) is 4.42. The number of rotatable bonds is 2. The molecular formula is C10H12N2OS. The van der Waals surface area contributed by atoms with E-state index in [1.807, 2.05) is 18.4 Å². The maximum atomic E-state index is 5.84. The summed E-state index contributed by atoms with van der Waals surface area (Å²) in [5.74, 6) is 0.756. The van der Waals surface area contributed by atoms with Crippen LogP contribution in [-0.4, -0.2) is 6.61 Å². The van der Waals surface area contributed by atoms with Crippen molar-refractivity contribution in [2.75, 3.05) is 18.1 Å². The Balaban J connectivity index is 2.73. The second kappa shape index (κ2) is 3.38. The van der Waals surface area contributed by atoms with Crippen LogP contribution < -0.4 is 16.2 Å². The molecule has 0 unspecified atom stereocenters. The Morgan fingerprint density at radius 1 is 1.36 bits per heavy atom. The van der Waals surface area contributed by atoms with Crippen LogP contribution in [0.3, 0.4) is 0 Å². The van der Waals surface area contributed by atoms with Gasteiger partial charge in [-0.3, -0.25) is 0 Å². The van der Waals surface area contributed by atoms with Gasteiger partial charge in [0.15, 0.2) is 5.75 Å². The van der Waals surface area contributed by atoms with Crippen LogP contribution in [0.2, 0.25) is 0 Å². The number of nitrogens with two attached hydrogens (primary N) is 2. The molecule has 4 N–H and O–H groups in total. The van der Waals surface area contributed by atoms with Gasteiger partial charge in [-0.2, -0.15) is 0 Å². The third-order valence-corrected chi connectivity index (χ3v) is 2.96. The first-order valence-corrected chi connectivity index (χ1v) is 5.30. The zero-order valence-corrected chi connectivity index (χ0v) is 8.73. The van der Waals surface area contributed by atoms with Crippen molar-refractivity contribution in [1.82, 2.24) is 0 Å². The van der Waals surface area contributed by atoms with Crippen molar-refractivity contribution in [3.8, 4) is 5.75 Å². The number of fused-ring (bicyclic) bond motifs is 1. The Bertz CT molecular complexity index is 464. The van der Waals surface area contributed by atoms with E-state index in [1.54, 1.807) is 17.4 Å². The number of nitrogen functional groups attached to an aromatic ring is 2. The van der Waals surface area contributed by atoms with Gasteiger partial charge in [0.05, 0.1) is 17.0 Å². The van der Waals surface area contributed by atoms with Gasteiger partial charge < -0.3 is 16.2 Å². The molecule has 1 heterocycles. The molecule has 0 amide bonds. The fraction of sp³-hybridized carbons (Fsp3) is 0.200. The van der Waals surface area contributed by atoms with Crippen molar-refractivity contribution in [2.24, 2.45) is 0 Å². The highest BCUT2D eigenvalue weighted by atomic mass is 32.1. The normalized spacial score (nSPS) is 10.6. The lowest BCUT2D eigenvalue weighted by molar-refractivity contribution is 0.346. The standard InChI is InChI=1S/C10H12N2OS/c1-2-13-9-8(12)5-7(11)6-3-4-14-10(6)9/h3-5H,2,11-12H2,1H3. The highest BCUT2D eigenvalue weighted by molar-refractivity contribution is 7.17. The van der Waals surface area contributed by atoms with Crippen LogP contribution in [0.25, 0.3) is 10.1 Å². The quantitative estimate of drug-likeness (QED) is 0.745. The summed E-state index contributed by atoms with van der Waals surface area (Å²) in [4.78, 5) is 0. The summed E-state index contributed by atoms with van der Waals surface area (Å²) in [5.41, 5.74) is 13.0. The molecule has 0 aliphatic carbocycles. The summed E-state index contributed by atoms with van der Waals surface area (Å²) >= 11 is 1.60. The van der Waals surface area contributed by atoms with E-state index in [-0.39, 0.29) is 0 Å². The highest BCUT2D eigenvalue weighted by Crippen LogP contribution is 2.39. The molecular weight excluding hydrogens is 196 g/mol. The van der Waals surface area contributed by atoms with Crippen LogP contribution in [-0.2, 0) is 0 Å². The van der Waals surface area contributed by atoms with E-state index in [2.05, 4.69) is 0 Å². The second-order valence-electron chi connectivity index (χ2n) is 2.98. The van der Waals surface area contributed by atoms with Gasteiger partial charge in [-0.1, -0.05) is 0 Å². The van der Waals surface area contributed by atoms with E-state index < -0.39 is 0 Å². The molecule has 0 saturated heterocycles. The number of ether oxygens (including phenoxy) is 1. The predicted molar refractivity (Wildman–Crippen MR) is 61.8 cm³/mol. The molecule has 0 aliphatic rings. The molecule has 4 heteroatoms. The van der Waals surface area contributed by atoms with Crippen LogP contribution in [0.5, 0.6) is 5.75 Å². The molecule has 0 fully saturated rings. The third kappa shape index (κ3) is 1.28. The zero-order valence-electron chi connectivity index (χ0n) is 7.91. The van der Waals surface area contributed by atoms with Gasteiger partial charge in [0.1, 0.15) is 0 Å². The number of hydrogen-bond acceptors (Lipinski definition) is 4. The molecule has 1 aromatic heterocycles. The van der Waals surface area contributed by atoms with Crippen LogP contribution in [0.4, 0.5) is 11.4 Å². The molecule has 0 atom stereocenters. The Kier molecular flexibility index (Phi) is 2.21. The van der Waals surface area contributed by atoms with Gasteiger partial charge in [-0.15, -0.1) is 11.3 Å². The van der Waals surface area contributed by atoms with Crippen molar-refractivity contribution in [2.45, 2.75) is 6.92 Å². The van der Waals surface area contributed by atoms with E-state index in [1.165, 1.54) is 0 Å². The first-order chi connectivity index (χ1) is 6.74. The molecule has 0 bridgehead atoms. The van der Waals surface area contributed by atoms with Crippen molar-refractivity contribution in [3.05, 3.63) is 17.5 Å². The monoisotopic (exact) mass is 208 g/mol. The Morgan fingerprint density at radius 3 is 2.86 bits per heavy atom. The predicted octanol–water partition coefficient (Wildman–Crippen LogP) is 2.46. The number of hydrogen-bond donors (Lipinski definition) is 2. The second-order valence-corrected chi connectivity index (χ2v) is 3.90. The molecule has 0 spiro atoms. The van der Waals surface area contributed by atoms with Crippen LogP contribution in [0.1, 0.15) is 6.92 Å².